The van der Waals surface area contributed by atoms with Crippen LogP contribution >= 0.6 is 0 Å². The van der Waals surface area contributed by atoms with Crippen LogP contribution in [-0.4, -0.2) is 33.7 Å². The third kappa shape index (κ3) is 6.51. The van der Waals surface area contributed by atoms with Crippen LogP contribution in [0.25, 0.3) is 0 Å². The summed E-state index contributed by atoms with van der Waals surface area (Å²) in [5.41, 5.74) is 1.05. The summed E-state index contributed by atoms with van der Waals surface area (Å²) in [7, 11) is 0. The van der Waals surface area contributed by atoms with Gasteiger partial charge in [-0.3, -0.25) is 0 Å². The zero-order chi connectivity index (χ0) is 13.4. The smallest absolute Gasteiger partial charge is 0.0965 e. The minimum atomic E-state index is 0.0948. The number of rotatable bonds is 8. The van der Waals surface area contributed by atoms with E-state index in [4.69, 9.17) is 4.74 Å². The predicted octanol–water partition coefficient (Wildman–Crippen LogP) is 1.76. The van der Waals surface area contributed by atoms with E-state index in [1.54, 1.807) is 0 Å². The molecule has 1 heterocycles. The van der Waals surface area contributed by atoms with E-state index in [-0.39, 0.29) is 5.54 Å². The fourth-order valence-electron chi connectivity index (χ4n) is 1.31. The van der Waals surface area contributed by atoms with Crippen LogP contribution in [0.1, 0.15) is 32.9 Å². The van der Waals surface area contributed by atoms with Crippen molar-refractivity contribution in [2.75, 3.05) is 13.2 Å². The van der Waals surface area contributed by atoms with E-state index >= 15 is 0 Å². The van der Waals surface area contributed by atoms with E-state index in [2.05, 4.69) is 43.0 Å². The highest BCUT2D eigenvalue weighted by atomic mass is 16.5. The molecule has 0 fully saturated rings. The molecule has 0 aliphatic heterocycles. The van der Waals surface area contributed by atoms with Crippen LogP contribution < -0.4 is 5.32 Å². The third-order valence-electron chi connectivity index (χ3n) is 2.32. The summed E-state index contributed by atoms with van der Waals surface area (Å²) in [5.74, 6) is 0. The second-order valence-electron chi connectivity index (χ2n) is 5.27. The molecule has 0 bridgehead atoms. The standard InChI is InChI=1S/C13H24N4O/c1-5-6-8-18-9-7-17-11-12(15-16-17)10-14-13(2,3)4/h5,11,14H,1,6-10H2,2-4H3. The minimum absolute atomic E-state index is 0.0948. The highest BCUT2D eigenvalue weighted by Crippen LogP contribution is 2.01. The van der Waals surface area contributed by atoms with Gasteiger partial charge in [0.15, 0.2) is 0 Å². The molecule has 0 spiro atoms. The number of nitrogens with zero attached hydrogens (tertiary/aromatic N) is 3. The Balaban J connectivity index is 2.23. The molecule has 1 rings (SSSR count). The first kappa shape index (κ1) is 14.9. The Morgan fingerprint density at radius 3 is 2.89 bits per heavy atom. The Kier molecular flexibility index (Phi) is 6.01. The minimum Gasteiger partial charge on any atom is -0.379 e. The number of hydrogen-bond donors (Lipinski definition) is 1. The van der Waals surface area contributed by atoms with Crippen molar-refractivity contribution < 1.29 is 4.74 Å². The Hall–Kier alpha value is -1.20. The topological polar surface area (TPSA) is 52.0 Å². The first-order valence-electron chi connectivity index (χ1n) is 6.34. The molecule has 0 saturated carbocycles. The van der Waals surface area contributed by atoms with Crippen molar-refractivity contribution in [3.63, 3.8) is 0 Å². The first-order chi connectivity index (χ1) is 8.51. The molecule has 5 heteroatoms. The van der Waals surface area contributed by atoms with Crippen LogP contribution in [0.5, 0.6) is 0 Å². The van der Waals surface area contributed by atoms with Crippen molar-refractivity contribution in [1.29, 1.82) is 0 Å². The lowest BCUT2D eigenvalue weighted by molar-refractivity contribution is 0.127. The number of hydrogen-bond acceptors (Lipinski definition) is 4. The summed E-state index contributed by atoms with van der Waals surface area (Å²) < 4.78 is 7.24. The van der Waals surface area contributed by atoms with Gasteiger partial charge in [0.2, 0.25) is 0 Å². The molecule has 0 aliphatic rings. The molecule has 102 valence electrons. The van der Waals surface area contributed by atoms with Crippen LogP contribution in [0, 0.1) is 0 Å². The second-order valence-corrected chi connectivity index (χ2v) is 5.27. The van der Waals surface area contributed by atoms with Gasteiger partial charge in [0.25, 0.3) is 0 Å². The average molecular weight is 252 g/mol. The Morgan fingerprint density at radius 1 is 1.44 bits per heavy atom. The Labute approximate surface area is 109 Å². The lowest BCUT2D eigenvalue weighted by Gasteiger charge is -2.19. The zero-order valence-electron chi connectivity index (χ0n) is 11.6. The fraction of sp³-hybridized carbons (Fsp3) is 0.692. The number of nitrogens with one attached hydrogen (secondary N) is 1. The molecular formula is C13H24N4O. The highest BCUT2D eigenvalue weighted by molar-refractivity contribution is 4.92. The summed E-state index contributed by atoms with van der Waals surface area (Å²) >= 11 is 0. The molecule has 1 N–H and O–H groups in total. The van der Waals surface area contributed by atoms with Crippen molar-refractivity contribution in [2.24, 2.45) is 0 Å². The van der Waals surface area contributed by atoms with Gasteiger partial charge in [0, 0.05) is 18.3 Å². The second kappa shape index (κ2) is 7.28. The summed E-state index contributed by atoms with van der Waals surface area (Å²) in [6.45, 7) is 12.9. The van der Waals surface area contributed by atoms with E-state index in [9.17, 15) is 0 Å². The predicted molar refractivity (Wildman–Crippen MR) is 72.2 cm³/mol. The molecule has 0 saturated heterocycles. The van der Waals surface area contributed by atoms with E-state index in [0.717, 1.165) is 31.8 Å². The Morgan fingerprint density at radius 2 is 2.22 bits per heavy atom. The molecule has 0 amide bonds. The molecular weight excluding hydrogens is 228 g/mol. The monoisotopic (exact) mass is 252 g/mol. The Bertz CT molecular complexity index is 354. The van der Waals surface area contributed by atoms with Gasteiger partial charge < -0.3 is 10.1 Å². The lowest BCUT2D eigenvalue weighted by atomic mass is 10.1. The maximum Gasteiger partial charge on any atom is 0.0965 e. The van der Waals surface area contributed by atoms with Crippen molar-refractivity contribution in [3.05, 3.63) is 24.5 Å². The van der Waals surface area contributed by atoms with E-state index in [0.29, 0.717) is 6.61 Å². The molecule has 18 heavy (non-hydrogen) atoms. The van der Waals surface area contributed by atoms with Gasteiger partial charge in [-0.1, -0.05) is 11.3 Å². The van der Waals surface area contributed by atoms with Crippen LogP contribution in [0.4, 0.5) is 0 Å². The molecule has 0 aliphatic carbocycles. The molecule has 1 aromatic rings. The normalized spacial score (nSPS) is 11.7. The number of aromatic nitrogens is 3. The summed E-state index contributed by atoms with van der Waals surface area (Å²) in [6.07, 6.45) is 4.69. The molecule has 0 atom stereocenters. The maximum atomic E-state index is 5.43. The van der Waals surface area contributed by atoms with Gasteiger partial charge in [-0.2, -0.15) is 0 Å². The van der Waals surface area contributed by atoms with Gasteiger partial charge >= 0.3 is 0 Å². The first-order valence-corrected chi connectivity index (χ1v) is 6.34. The van der Waals surface area contributed by atoms with Gasteiger partial charge in [-0.05, 0) is 27.2 Å². The average Bonchev–Trinajstić information content (AvgIpc) is 2.73. The van der Waals surface area contributed by atoms with Crippen molar-refractivity contribution >= 4 is 0 Å². The van der Waals surface area contributed by atoms with Gasteiger partial charge in [-0.15, -0.1) is 11.7 Å². The van der Waals surface area contributed by atoms with Crippen LogP contribution in [-0.2, 0) is 17.8 Å². The summed E-state index contributed by atoms with van der Waals surface area (Å²) in [4.78, 5) is 0. The number of ether oxygens (including phenoxy) is 1. The van der Waals surface area contributed by atoms with Crippen molar-refractivity contribution in [2.45, 2.75) is 45.8 Å². The van der Waals surface area contributed by atoms with Crippen molar-refractivity contribution in [3.8, 4) is 0 Å². The molecule has 0 radical (unpaired) electrons. The van der Waals surface area contributed by atoms with Crippen LogP contribution in [0.15, 0.2) is 18.9 Å². The van der Waals surface area contributed by atoms with Gasteiger partial charge in [0.05, 0.1) is 25.5 Å². The van der Waals surface area contributed by atoms with E-state index in [1.807, 2.05) is 17.0 Å². The maximum absolute atomic E-state index is 5.43. The molecule has 5 nitrogen and oxygen atoms in total. The zero-order valence-corrected chi connectivity index (χ0v) is 11.6. The van der Waals surface area contributed by atoms with Crippen LogP contribution in [0.3, 0.4) is 0 Å². The van der Waals surface area contributed by atoms with E-state index < -0.39 is 0 Å². The van der Waals surface area contributed by atoms with Crippen molar-refractivity contribution in [1.82, 2.24) is 20.3 Å². The SMILES string of the molecule is C=CCCOCCn1cc(CNC(C)(C)C)nn1. The van der Waals surface area contributed by atoms with Gasteiger partial charge in [0.1, 0.15) is 0 Å². The quantitative estimate of drug-likeness (QED) is 0.566. The summed E-state index contributed by atoms with van der Waals surface area (Å²) in [5, 5.41) is 11.6. The highest BCUT2D eigenvalue weighted by Gasteiger charge is 2.09. The summed E-state index contributed by atoms with van der Waals surface area (Å²) in [6, 6.07) is 0. The lowest BCUT2D eigenvalue weighted by Crippen LogP contribution is -2.35. The third-order valence-corrected chi connectivity index (χ3v) is 2.32. The fourth-order valence-corrected chi connectivity index (χ4v) is 1.31. The largest absolute Gasteiger partial charge is 0.379 e. The molecule has 1 aromatic heterocycles. The van der Waals surface area contributed by atoms with Crippen LogP contribution in [0.2, 0.25) is 0 Å². The van der Waals surface area contributed by atoms with E-state index in [1.165, 1.54) is 0 Å². The molecule has 0 unspecified atom stereocenters. The van der Waals surface area contributed by atoms with Gasteiger partial charge in [-0.25, -0.2) is 4.68 Å². The molecule has 0 aromatic carbocycles.